The van der Waals surface area contributed by atoms with Crippen molar-refractivity contribution in [3.63, 3.8) is 0 Å². The Morgan fingerprint density at radius 1 is 1.06 bits per heavy atom. The van der Waals surface area contributed by atoms with Crippen molar-refractivity contribution in [3.05, 3.63) is 0 Å². The number of hydrogen-bond donors (Lipinski definition) is 0. The molecule has 0 rings (SSSR count). The third-order valence-electron chi connectivity index (χ3n) is 3.77. The highest BCUT2D eigenvalue weighted by Crippen LogP contribution is 2.54. The Morgan fingerprint density at radius 2 is 1.44 bits per heavy atom. The van der Waals surface area contributed by atoms with Gasteiger partial charge in [0.15, 0.2) is 0 Å². The molecule has 3 nitrogen and oxygen atoms in total. The predicted molar refractivity (Wildman–Crippen MR) is 81.8 cm³/mol. The molecular weight excluding hydrogens is 263 g/mol. The molecule has 0 fully saturated rings. The van der Waals surface area contributed by atoms with Gasteiger partial charge in [0.05, 0.1) is 6.10 Å². The first-order valence-electron chi connectivity index (χ1n) is 6.55. The van der Waals surface area contributed by atoms with Gasteiger partial charge in [0.2, 0.25) is 8.32 Å². The number of hydrogen-bond acceptors (Lipinski definition) is 3. The van der Waals surface area contributed by atoms with Crippen LogP contribution in [-0.4, -0.2) is 21.1 Å². The Labute approximate surface area is 114 Å². The van der Waals surface area contributed by atoms with E-state index in [0.717, 1.165) is 0 Å². The van der Waals surface area contributed by atoms with Crippen molar-refractivity contribution in [2.75, 3.05) is 6.66 Å². The smallest absolute Gasteiger partial charge is 0.318 e. The van der Waals surface area contributed by atoms with E-state index >= 15 is 0 Å². The second-order valence-corrected chi connectivity index (χ2v) is 14.7. The number of rotatable bonds is 4. The molecule has 0 N–H and O–H groups in total. The van der Waals surface area contributed by atoms with Gasteiger partial charge in [0.25, 0.3) is 0 Å². The maximum atomic E-state index is 12.5. The fraction of sp³-hybridized carbons (Fsp3) is 1.00. The molecule has 5 heteroatoms. The van der Waals surface area contributed by atoms with Gasteiger partial charge in [0.1, 0.15) is 0 Å². The van der Waals surface area contributed by atoms with Crippen LogP contribution in [0.5, 0.6) is 0 Å². The minimum Gasteiger partial charge on any atom is -0.350 e. The van der Waals surface area contributed by atoms with Gasteiger partial charge < -0.3 is 8.74 Å². The van der Waals surface area contributed by atoms with Crippen LogP contribution in [0.2, 0.25) is 18.1 Å². The molecule has 0 aromatic rings. The second-order valence-electron chi connectivity index (χ2n) is 7.74. The summed E-state index contributed by atoms with van der Waals surface area (Å²) in [5.41, 5.74) is -0.0392. The van der Waals surface area contributed by atoms with Crippen LogP contribution >= 0.6 is 7.60 Å². The molecule has 0 saturated carbocycles. The highest BCUT2D eigenvalue weighted by Gasteiger charge is 2.43. The Bertz CT molecular complexity index is 326. The van der Waals surface area contributed by atoms with Gasteiger partial charge in [-0.1, -0.05) is 41.5 Å². The maximum absolute atomic E-state index is 12.5. The van der Waals surface area contributed by atoms with Crippen LogP contribution in [0.1, 0.15) is 48.5 Å². The summed E-state index contributed by atoms with van der Waals surface area (Å²) < 4.78 is 24.2. The van der Waals surface area contributed by atoms with Gasteiger partial charge in [-0.15, -0.1) is 0 Å². The SMILES string of the molecule is CC(OP(C)(=O)O[Si](C)(C)C(C)(C)C)C(C)(C)C. The standard InChI is InChI=1S/C13H31O3PSi/c1-11(12(2,3)4)15-17(8,14)16-18(9,10)13(5,6)7/h11H,1-10H3. The van der Waals surface area contributed by atoms with E-state index in [1.807, 2.05) is 6.92 Å². The first-order valence-corrected chi connectivity index (χ1v) is 11.4. The summed E-state index contributed by atoms with van der Waals surface area (Å²) in [5, 5.41) is 0.0347. The average Bonchev–Trinajstić information content (AvgIpc) is 1.95. The quantitative estimate of drug-likeness (QED) is 0.522. The van der Waals surface area contributed by atoms with Crippen LogP contribution < -0.4 is 0 Å². The molecule has 0 aromatic heterocycles. The normalized spacial score (nSPS) is 19.4. The van der Waals surface area contributed by atoms with Gasteiger partial charge in [-0.25, -0.2) is 0 Å². The molecule has 0 aromatic carbocycles. The van der Waals surface area contributed by atoms with Crippen LogP contribution in [0.25, 0.3) is 0 Å². The third-order valence-corrected chi connectivity index (χ3v) is 11.2. The van der Waals surface area contributed by atoms with Crippen LogP contribution in [0, 0.1) is 5.41 Å². The molecule has 110 valence electrons. The molecule has 2 atom stereocenters. The fourth-order valence-corrected chi connectivity index (χ4v) is 6.49. The average molecular weight is 294 g/mol. The Balaban J connectivity index is 4.84. The Morgan fingerprint density at radius 3 is 1.72 bits per heavy atom. The van der Waals surface area contributed by atoms with E-state index in [2.05, 4.69) is 54.6 Å². The highest BCUT2D eigenvalue weighted by molar-refractivity contribution is 7.54. The lowest BCUT2D eigenvalue weighted by Crippen LogP contribution is -2.40. The molecule has 0 bridgehead atoms. The molecule has 2 unspecified atom stereocenters. The van der Waals surface area contributed by atoms with Crippen LogP contribution in [0.4, 0.5) is 0 Å². The molecule has 0 heterocycles. The predicted octanol–water partition coefficient (Wildman–Crippen LogP) is 5.28. The fourth-order valence-electron chi connectivity index (χ4n) is 1.02. The zero-order chi connectivity index (χ0) is 15.0. The minimum atomic E-state index is -3.00. The monoisotopic (exact) mass is 294 g/mol. The van der Waals surface area contributed by atoms with E-state index in [1.54, 1.807) is 6.66 Å². The van der Waals surface area contributed by atoms with Crippen molar-refractivity contribution < 1.29 is 13.3 Å². The molecule has 0 spiro atoms. The molecule has 0 amide bonds. The van der Waals surface area contributed by atoms with E-state index < -0.39 is 15.9 Å². The minimum absolute atomic E-state index is 0.0347. The lowest BCUT2D eigenvalue weighted by Gasteiger charge is -2.39. The molecule has 0 aliphatic carbocycles. The van der Waals surface area contributed by atoms with Crippen molar-refractivity contribution in [2.24, 2.45) is 5.41 Å². The summed E-state index contributed by atoms with van der Waals surface area (Å²) in [6, 6.07) is 0. The maximum Gasteiger partial charge on any atom is 0.318 e. The molecule has 0 aliphatic rings. The first-order chi connectivity index (χ1) is 7.58. The summed E-state index contributed by atoms with van der Waals surface area (Å²) in [7, 11) is -5.06. The summed E-state index contributed by atoms with van der Waals surface area (Å²) in [6.45, 7) is 20.3. The Hall–Kier alpha value is 0.367. The summed E-state index contributed by atoms with van der Waals surface area (Å²) in [6.07, 6.45) is -0.0990. The second kappa shape index (κ2) is 5.39. The molecule has 0 saturated heterocycles. The zero-order valence-electron chi connectivity index (χ0n) is 13.7. The highest BCUT2D eigenvalue weighted by atomic mass is 31.2. The van der Waals surface area contributed by atoms with Gasteiger partial charge in [-0.05, 0) is 30.5 Å². The topological polar surface area (TPSA) is 35.5 Å². The lowest BCUT2D eigenvalue weighted by atomic mass is 9.91. The van der Waals surface area contributed by atoms with E-state index in [4.69, 9.17) is 8.74 Å². The summed E-state index contributed by atoms with van der Waals surface area (Å²) >= 11 is 0. The van der Waals surface area contributed by atoms with Crippen LogP contribution in [0.3, 0.4) is 0 Å². The molecule has 18 heavy (non-hydrogen) atoms. The van der Waals surface area contributed by atoms with Gasteiger partial charge in [-0.2, -0.15) is 0 Å². The van der Waals surface area contributed by atoms with Crippen molar-refractivity contribution in [3.8, 4) is 0 Å². The molecule has 0 aliphatic heterocycles. The zero-order valence-corrected chi connectivity index (χ0v) is 15.6. The van der Waals surface area contributed by atoms with Crippen LogP contribution in [-0.2, 0) is 13.3 Å². The first kappa shape index (κ1) is 18.4. The van der Waals surface area contributed by atoms with Gasteiger partial charge in [0, 0.05) is 6.66 Å². The lowest BCUT2D eigenvalue weighted by molar-refractivity contribution is 0.0922. The van der Waals surface area contributed by atoms with Crippen molar-refractivity contribution >= 4 is 15.9 Å². The van der Waals surface area contributed by atoms with E-state index in [9.17, 15) is 4.57 Å². The van der Waals surface area contributed by atoms with E-state index in [1.165, 1.54) is 0 Å². The van der Waals surface area contributed by atoms with Gasteiger partial charge in [-0.3, -0.25) is 4.57 Å². The molecule has 0 radical (unpaired) electrons. The van der Waals surface area contributed by atoms with E-state index in [-0.39, 0.29) is 16.6 Å². The van der Waals surface area contributed by atoms with Crippen LogP contribution in [0.15, 0.2) is 0 Å². The molecular formula is C13H31O3PSi. The van der Waals surface area contributed by atoms with Crippen molar-refractivity contribution in [1.82, 2.24) is 0 Å². The Kier molecular flexibility index (Phi) is 5.50. The summed E-state index contributed by atoms with van der Waals surface area (Å²) in [5.74, 6) is 0. The van der Waals surface area contributed by atoms with E-state index in [0.29, 0.717) is 0 Å². The largest absolute Gasteiger partial charge is 0.350 e. The van der Waals surface area contributed by atoms with Crippen molar-refractivity contribution in [2.45, 2.75) is 72.7 Å². The van der Waals surface area contributed by atoms with Crippen molar-refractivity contribution in [1.29, 1.82) is 0 Å². The third kappa shape index (κ3) is 5.56. The summed E-state index contributed by atoms with van der Waals surface area (Å²) in [4.78, 5) is 0. The van der Waals surface area contributed by atoms with Gasteiger partial charge >= 0.3 is 7.60 Å².